The zero-order valence-electron chi connectivity index (χ0n) is 24.3. The minimum Gasteiger partial charge on any atom is -0.378 e. The van der Waals surface area contributed by atoms with Gasteiger partial charge in [-0.3, -0.25) is 19.3 Å². The molecule has 2 saturated heterocycles. The number of alkyl halides is 3. The van der Waals surface area contributed by atoms with Gasteiger partial charge in [-0.15, -0.1) is 0 Å². The molecule has 4 rings (SSSR count). The van der Waals surface area contributed by atoms with Crippen LogP contribution in [0.4, 0.5) is 28.9 Å². The van der Waals surface area contributed by atoms with Crippen molar-refractivity contribution in [2.75, 3.05) is 56.6 Å². The fraction of sp³-hybridized carbons (Fsp3) is 0.516. The normalized spacial score (nSPS) is 20.0. The molecule has 3 amide bonds. The Labute approximate surface area is 244 Å². The summed E-state index contributed by atoms with van der Waals surface area (Å²) in [4.78, 5) is 45.6. The van der Waals surface area contributed by atoms with Crippen LogP contribution in [0.1, 0.15) is 54.9 Å². The molecular weight excluding hydrogens is 552 g/mol. The molecule has 0 N–H and O–H groups in total. The van der Waals surface area contributed by atoms with Gasteiger partial charge in [-0.2, -0.15) is 13.2 Å². The number of rotatable bonds is 10. The van der Waals surface area contributed by atoms with Crippen molar-refractivity contribution in [2.45, 2.75) is 45.2 Å². The van der Waals surface area contributed by atoms with Crippen molar-refractivity contribution in [1.82, 2.24) is 9.80 Å². The number of carbonyl (C=O) groups excluding carboxylic acids is 3. The van der Waals surface area contributed by atoms with Crippen LogP contribution in [0.5, 0.6) is 0 Å². The smallest absolute Gasteiger partial charge is 0.378 e. The molecule has 0 bridgehead atoms. The van der Waals surface area contributed by atoms with E-state index in [1.165, 1.54) is 0 Å². The van der Waals surface area contributed by atoms with Crippen LogP contribution in [-0.2, 0) is 15.8 Å². The molecule has 2 aliphatic heterocycles. The van der Waals surface area contributed by atoms with Gasteiger partial charge in [-0.05, 0) is 61.9 Å². The second-order valence-corrected chi connectivity index (χ2v) is 11.3. The van der Waals surface area contributed by atoms with Gasteiger partial charge in [0, 0.05) is 57.4 Å². The Kier molecular flexibility index (Phi) is 9.91. The van der Waals surface area contributed by atoms with Crippen molar-refractivity contribution >= 4 is 29.1 Å². The highest BCUT2D eigenvalue weighted by atomic mass is 19.4. The molecule has 2 aliphatic rings. The van der Waals surface area contributed by atoms with Crippen LogP contribution in [0.25, 0.3) is 0 Å². The van der Waals surface area contributed by atoms with Crippen molar-refractivity contribution < 1.29 is 31.9 Å². The monoisotopic (exact) mass is 590 g/mol. The van der Waals surface area contributed by atoms with Gasteiger partial charge in [0.2, 0.25) is 11.8 Å². The van der Waals surface area contributed by atoms with Crippen molar-refractivity contribution in [3.63, 3.8) is 0 Å². The maximum absolute atomic E-state index is 14.1. The Balaban J connectivity index is 1.16. The quantitative estimate of drug-likeness (QED) is 0.209. The predicted molar refractivity (Wildman–Crippen MR) is 153 cm³/mol. The Morgan fingerprint density at radius 2 is 1.55 bits per heavy atom. The number of hydrogen-bond acceptors (Lipinski definition) is 5. The summed E-state index contributed by atoms with van der Waals surface area (Å²) < 4.78 is 52.8. The van der Waals surface area contributed by atoms with Gasteiger partial charge in [0.1, 0.15) is 5.82 Å². The first-order valence-corrected chi connectivity index (χ1v) is 14.4. The summed E-state index contributed by atoms with van der Waals surface area (Å²) >= 11 is 0. The van der Waals surface area contributed by atoms with Gasteiger partial charge in [0.15, 0.2) is 0 Å². The molecule has 0 saturated carbocycles. The van der Waals surface area contributed by atoms with Gasteiger partial charge in [-0.25, -0.2) is 9.29 Å². The van der Waals surface area contributed by atoms with Crippen molar-refractivity contribution in [1.29, 1.82) is 0 Å². The summed E-state index contributed by atoms with van der Waals surface area (Å²) in [6.07, 6.45) is -0.830. The standard InChI is InChI=1S/C31H38F4N4O3/c1-21-25(30(42)39(28(21)40)24-13-14-26(27(32)20-24)31(33,34)35)8-6-4-5-7-15-37-16-18-38(19-17-37)29(41)22-9-11-23(12-10-22)36(2)3/h9-14,20-21,25H,4-8,15-19H2,1-3H3. The van der Waals surface area contributed by atoms with Crippen molar-refractivity contribution in [2.24, 2.45) is 11.8 Å². The third kappa shape index (κ3) is 7.11. The van der Waals surface area contributed by atoms with E-state index in [4.69, 9.17) is 0 Å². The fourth-order valence-corrected chi connectivity index (χ4v) is 5.68. The van der Waals surface area contributed by atoms with E-state index < -0.39 is 41.2 Å². The van der Waals surface area contributed by atoms with Crippen LogP contribution >= 0.6 is 0 Å². The molecule has 0 spiro atoms. The largest absolute Gasteiger partial charge is 0.419 e. The van der Waals surface area contributed by atoms with Crippen LogP contribution < -0.4 is 9.80 Å². The van der Waals surface area contributed by atoms with Crippen LogP contribution in [0.3, 0.4) is 0 Å². The van der Waals surface area contributed by atoms with Gasteiger partial charge in [0.05, 0.1) is 17.2 Å². The van der Waals surface area contributed by atoms with Crippen LogP contribution in [0.2, 0.25) is 0 Å². The Morgan fingerprint density at radius 1 is 0.905 bits per heavy atom. The predicted octanol–water partition coefficient (Wildman–Crippen LogP) is 5.44. The first-order valence-electron chi connectivity index (χ1n) is 14.4. The SMILES string of the molecule is CC1C(=O)N(c2ccc(C(F)(F)F)c(F)c2)C(=O)C1CCCCCCN1CCN(C(=O)c2ccc(N(C)C)cc2)CC1. The average molecular weight is 591 g/mol. The third-order valence-electron chi connectivity index (χ3n) is 8.30. The summed E-state index contributed by atoms with van der Waals surface area (Å²) in [5, 5.41) is 0. The number of unbranched alkanes of at least 4 members (excludes halogenated alkanes) is 3. The van der Waals surface area contributed by atoms with E-state index in [1.54, 1.807) is 6.92 Å². The highest BCUT2D eigenvalue weighted by Gasteiger charge is 2.45. The maximum atomic E-state index is 14.1. The van der Waals surface area contributed by atoms with Crippen molar-refractivity contribution in [3.05, 3.63) is 59.4 Å². The van der Waals surface area contributed by atoms with E-state index in [-0.39, 0.29) is 11.6 Å². The second-order valence-electron chi connectivity index (χ2n) is 11.3. The van der Waals surface area contributed by atoms with Crippen LogP contribution in [-0.4, -0.2) is 74.3 Å². The lowest BCUT2D eigenvalue weighted by molar-refractivity contribution is -0.140. The lowest BCUT2D eigenvalue weighted by atomic mass is 9.91. The summed E-state index contributed by atoms with van der Waals surface area (Å²) in [5.41, 5.74) is 0.136. The Bertz CT molecular complexity index is 1270. The first-order chi connectivity index (χ1) is 19.9. The lowest BCUT2D eigenvalue weighted by Gasteiger charge is -2.34. The van der Waals surface area contributed by atoms with Crippen LogP contribution in [0.15, 0.2) is 42.5 Å². The number of piperazine rings is 1. The molecule has 0 aliphatic carbocycles. The Hall–Kier alpha value is -3.47. The minimum absolute atomic E-state index is 0.0520. The van der Waals surface area contributed by atoms with E-state index >= 15 is 0 Å². The Morgan fingerprint density at radius 3 is 2.14 bits per heavy atom. The molecular formula is C31H38F4N4O3. The number of nitrogens with zero attached hydrogens (tertiary/aromatic N) is 4. The first kappa shape index (κ1) is 31.5. The van der Waals surface area contributed by atoms with Crippen LogP contribution in [0, 0.1) is 17.7 Å². The molecule has 2 heterocycles. The molecule has 0 radical (unpaired) electrons. The molecule has 0 aromatic heterocycles. The third-order valence-corrected chi connectivity index (χ3v) is 8.30. The molecule has 42 heavy (non-hydrogen) atoms. The molecule has 11 heteroatoms. The van der Waals surface area contributed by atoms with Gasteiger partial charge in [-0.1, -0.05) is 26.2 Å². The number of amides is 3. The zero-order valence-corrected chi connectivity index (χ0v) is 24.3. The molecule has 2 aromatic carbocycles. The fourth-order valence-electron chi connectivity index (χ4n) is 5.68. The van der Waals surface area contributed by atoms with E-state index in [0.717, 1.165) is 62.0 Å². The topological polar surface area (TPSA) is 64.2 Å². The molecule has 2 unspecified atom stereocenters. The summed E-state index contributed by atoms with van der Waals surface area (Å²) in [7, 11) is 3.92. The zero-order chi connectivity index (χ0) is 30.6. The number of halogens is 4. The minimum atomic E-state index is -4.86. The van der Waals surface area contributed by atoms with E-state index in [2.05, 4.69) is 4.90 Å². The average Bonchev–Trinajstić information content (AvgIpc) is 3.16. The van der Waals surface area contributed by atoms with Crippen molar-refractivity contribution in [3.8, 4) is 0 Å². The van der Waals surface area contributed by atoms with E-state index in [9.17, 15) is 31.9 Å². The van der Waals surface area contributed by atoms with E-state index in [1.807, 2.05) is 48.2 Å². The highest BCUT2D eigenvalue weighted by Crippen LogP contribution is 2.37. The number of anilines is 2. The number of hydrogen-bond donors (Lipinski definition) is 0. The molecule has 2 fully saturated rings. The maximum Gasteiger partial charge on any atom is 0.419 e. The number of benzene rings is 2. The second kappa shape index (κ2) is 13.2. The summed E-state index contributed by atoms with van der Waals surface area (Å²) in [6.45, 7) is 5.56. The van der Waals surface area contributed by atoms with Gasteiger partial charge < -0.3 is 9.80 Å². The molecule has 2 atom stereocenters. The summed E-state index contributed by atoms with van der Waals surface area (Å²) in [6, 6.07) is 9.76. The molecule has 2 aromatic rings. The lowest BCUT2D eigenvalue weighted by Crippen LogP contribution is -2.48. The number of carbonyl (C=O) groups is 3. The number of imide groups is 1. The molecule has 7 nitrogen and oxygen atoms in total. The highest BCUT2D eigenvalue weighted by molar-refractivity contribution is 6.21. The molecule has 228 valence electrons. The van der Waals surface area contributed by atoms with E-state index in [0.29, 0.717) is 37.2 Å². The summed E-state index contributed by atoms with van der Waals surface area (Å²) in [5.74, 6) is -3.67. The van der Waals surface area contributed by atoms with Gasteiger partial charge >= 0.3 is 6.18 Å². The van der Waals surface area contributed by atoms with Gasteiger partial charge in [0.25, 0.3) is 5.91 Å².